The number of nitrogens with one attached hydrogen (secondary N) is 2. The summed E-state index contributed by atoms with van der Waals surface area (Å²) in [5, 5.41) is 44.1. The van der Waals surface area contributed by atoms with Crippen LogP contribution in [-0.2, 0) is 35.9 Å². The highest BCUT2D eigenvalue weighted by Crippen LogP contribution is 2.38. The minimum atomic E-state index is -1.09. The summed E-state index contributed by atoms with van der Waals surface area (Å²) in [6.45, 7) is 0.897. The number of methoxy groups -OCH3 is 2. The molecule has 4 aromatic rings. The van der Waals surface area contributed by atoms with Crippen molar-refractivity contribution in [1.82, 2.24) is 20.6 Å². The predicted molar refractivity (Wildman–Crippen MR) is 200 cm³/mol. The molecule has 0 saturated carbocycles. The van der Waals surface area contributed by atoms with Gasteiger partial charge in [0.25, 0.3) is 0 Å². The number of aromatic nitrogens is 2. The lowest BCUT2D eigenvalue weighted by molar-refractivity contribution is -0.140. The minimum absolute atomic E-state index is 0.0722. The number of nitrogens with zero attached hydrogens (tertiary/aromatic N) is 2. The van der Waals surface area contributed by atoms with Crippen molar-refractivity contribution >= 4 is 51.1 Å². The molecule has 0 saturated heterocycles. The monoisotopic (exact) mass is 836 g/mol. The van der Waals surface area contributed by atoms with Gasteiger partial charge in [-0.05, 0) is 28.1 Å². The molecule has 0 bridgehead atoms. The maximum absolute atomic E-state index is 10.8. The minimum Gasteiger partial charge on any atom is -0.481 e. The first kappa shape index (κ1) is 41.5. The van der Waals surface area contributed by atoms with E-state index >= 15 is 0 Å². The van der Waals surface area contributed by atoms with Gasteiger partial charge in [-0.25, -0.2) is 0 Å². The number of hydrogen-bond donors (Lipinski definition) is 6. The van der Waals surface area contributed by atoms with E-state index in [1.807, 2.05) is 36.4 Å². The smallest absolute Gasteiger partial charge is 0.306 e. The molecule has 6 N–H and O–H groups in total. The predicted octanol–water partition coefficient (Wildman–Crippen LogP) is 5.24. The van der Waals surface area contributed by atoms with Gasteiger partial charge in [-0.3, -0.25) is 9.59 Å². The van der Waals surface area contributed by atoms with E-state index in [9.17, 15) is 19.8 Å². The third-order valence-corrected chi connectivity index (χ3v) is 9.14. The van der Waals surface area contributed by atoms with Crippen LogP contribution in [0.3, 0.4) is 0 Å². The van der Waals surface area contributed by atoms with E-state index in [4.69, 9.17) is 52.4 Å². The second kappa shape index (κ2) is 20.3. The van der Waals surface area contributed by atoms with Crippen LogP contribution in [0.5, 0.6) is 23.5 Å². The number of aliphatic carboxylic acids is 2. The molecule has 2 aromatic heterocycles. The van der Waals surface area contributed by atoms with Crippen LogP contribution < -0.4 is 29.6 Å². The fraction of sp³-hybridized carbons (Fsp3) is 0.333. The quantitative estimate of drug-likeness (QED) is 0.0637. The summed E-state index contributed by atoms with van der Waals surface area (Å²) in [4.78, 5) is 30.4. The second-order valence-electron chi connectivity index (χ2n) is 11.7. The summed E-state index contributed by atoms with van der Waals surface area (Å²) in [5.74, 6) is -1.00. The van der Waals surface area contributed by atoms with Gasteiger partial charge in [0, 0.05) is 65.6 Å². The number of pyridine rings is 2. The molecule has 53 heavy (non-hydrogen) atoms. The largest absolute Gasteiger partial charge is 0.481 e. The molecule has 2 aromatic carbocycles. The van der Waals surface area contributed by atoms with E-state index in [1.165, 1.54) is 14.2 Å². The van der Waals surface area contributed by atoms with Gasteiger partial charge in [0.15, 0.2) is 0 Å². The Hall–Kier alpha value is -4.22. The standard InChI is InChI=1S/C36H39BrCl2N4O10/c1-50-34-20(14-40-16-24(44)12-30(46)47)9-10-29(42-34)52-18-21-5-3-7-26(32(21)38)27-8-4-6-22(33(27)39)19-53-36-28(37)11-23(35(43-36)51-2)15-41-17-25(45)13-31(48)49/h3-11,24-25,40-41,44-45H,12-19H2,1-2H3,(H,46,47)(H,48,49)/t24-,25-/m1/s1. The summed E-state index contributed by atoms with van der Waals surface area (Å²) < 4.78 is 23.4. The number of halogens is 3. The Morgan fingerprint density at radius 2 is 1.23 bits per heavy atom. The zero-order valence-electron chi connectivity index (χ0n) is 28.8. The van der Waals surface area contributed by atoms with Crippen molar-refractivity contribution in [2.45, 2.75) is 51.4 Å². The Balaban J connectivity index is 1.41. The number of aliphatic hydroxyl groups is 2. The molecule has 284 valence electrons. The molecule has 2 atom stereocenters. The topological polar surface area (TPSA) is 202 Å². The molecule has 0 aliphatic rings. The van der Waals surface area contributed by atoms with Crippen LogP contribution in [-0.4, -0.2) is 81.8 Å². The fourth-order valence-corrected chi connectivity index (χ4v) is 6.18. The highest BCUT2D eigenvalue weighted by atomic mass is 79.9. The van der Waals surface area contributed by atoms with Crippen molar-refractivity contribution in [2.24, 2.45) is 0 Å². The van der Waals surface area contributed by atoms with Crippen molar-refractivity contribution in [3.8, 4) is 34.6 Å². The molecule has 0 fully saturated rings. The molecule has 4 rings (SSSR count). The van der Waals surface area contributed by atoms with E-state index in [2.05, 4.69) is 36.5 Å². The highest BCUT2D eigenvalue weighted by molar-refractivity contribution is 9.10. The van der Waals surface area contributed by atoms with Crippen molar-refractivity contribution in [2.75, 3.05) is 27.3 Å². The number of carboxylic acids is 2. The van der Waals surface area contributed by atoms with Crippen molar-refractivity contribution in [1.29, 1.82) is 0 Å². The highest BCUT2D eigenvalue weighted by Gasteiger charge is 2.18. The van der Waals surface area contributed by atoms with Crippen LogP contribution in [0.25, 0.3) is 11.1 Å². The molecule has 0 radical (unpaired) electrons. The van der Waals surface area contributed by atoms with Gasteiger partial charge in [0.1, 0.15) is 13.2 Å². The Morgan fingerprint density at radius 3 is 1.75 bits per heavy atom. The Kier molecular flexibility index (Phi) is 15.9. The van der Waals surface area contributed by atoms with Crippen LogP contribution in [0, 0.1) is 0 Å². The second-order valence-corrected chi connectivity index (χ2v) is 13.3. The summed E-state index contributed by atoms with van der Waals surface area (Å²) in [5.41, 5.74) is 4.09. The van der Waals surface area contributed by atoms with Gasteiger partial charge in [-0.2, -0.15) is 9.97 Å². The molecular weight excluding hydrogens is 799 g/mol. The van der Waals surface area contributed by atoms with Crippen molar-refractivity contribution < 1.29 is 49.0 Å². The van der Waals surface area contributed by atoms with Gasteiger partial charge >= 0.3 is 11.9 Å². The number of ether oxygens (including phenoxy) is 4. The van der Waals surface area contributed by atoms with E-state index < -0.39 is 24.1 Å². The molecule has 0 unspecified atom stereocenters. The number of hydrogen-bond acceptors (Lipinski definition) is 12. The zero-order chi connectivity index (χ0) is 38.5. The summed E-state index contributed by atoms with van der Waals surface area (Å²) in [6.07, 6.45) is -2.79. The Labute approximate surface area is 324 Å². The first-order valence-corrected chi connectivity index (χ1v) is 17.7. The molecule has 2 heterocycles. The lowest BCUT2D eigenvalue weighted by atomic mass is 10.0. The lowest BCUT2D eigenvalue weighted by Gasteiger charge is -2.16. The first-order chi connectivity index (χ1) is 25.4. The van der Waals surface area contributed by atoms with Crippen LogP contribution in [0.2, 0.25) is 10.0 Å². The van der Waals surface area contributed by atoms with E-state index in [1.54, 1.807) is 18.2 Å². The van der Waals surface area contributed by atoms with E-state index in [0.717, 1.165) is 0 Å². The van der Waals surface area contributed by atoms with Crippen LogP contribution in [0.15, 0.2) is 59.1 Å². The molecule has 14 nitrogen and oxygen atoms in total. The maximum atomic E-state index is 10.8. The summed E-state index contributed by atoms with van der Waals surface area (Å²) in [7, 11) is 2.94. The summed E-state index contributed by atoms with van der Waals surface area (Å²) in [6, 6.07) is 16.3. The van der Waals surface area contributed by atoms with Crippen molar-refractivity contribution in [3.05, 3.63) is 91.4 Å². The molecular formula is C36H39BrCl2N4O10. The number of carbonyl (C=O) groups is 2. The Bertz CT molecular complexity index is 1890. The van der Waals surface area contributed by atoms with E-state index in [-0.39, 0.29) is 51.6 Å². The normalized spacial score (nSPS) is 12.2. The van der Waals surface area contributed by atoms with E-state index in [0.29, 0.717) is 72.1 Å². The molecule has 0 spiro atoms. The number of rotatable bonds is 21. The first-order valence-electron chi connectivity index (χ1n) is 16.2. The van der Waals surface area contributed by atoms with Crippen LogP contribution in [0.4, 0.5) is 0 Å². The zero-order valence-corrected chi connectivity index (χ0v) is 31.9. The number of aliphatic hydroxyl groups excluding tert-OH is 2. The third-order valence-electron chi connectivity index (χ3n) is 7.68. The van der Waals surface area contributed by atoms with Crippen molar-refractivity contribution in [3.63, 3.8) is 0 Å². The van der Waals surface area contributed by atoms with Gasteiger partial charge in [-0.15, -0.1) is 0 Å². The van der Waals surface area contributed by atoms with Crippen LogP contribution in [0.1, 0.15) is 35.1 Å². The molecule has 0 aliphatic carbocycles. The molecule has 0 amide bonds. The maximum Gasteiger partial charge on any atom is 0.306 e. The average molecular weight is 839 g/mol. The lowest BCUT2D eigenvalue weighted by Crippen LogP contribution is -2.28. The van der Waals surface area contributed by atoms with Gasteiger partial charge in [-0.1, -0.05) is 59.6 Å². The molecule has 17 heteroatoms. The number of carboxylic acid groups (broad SMARTS) is 2. The SMILES string of the molecule is COc1nc(OCc2cccc(-c3cccc(COc4nc(OC)c(CNC[C@H](O)CC(=O)O)cc4Br)c3Cl)c2Cl)ccc1CNC[C@H](O)CC(=O)O. The van der Waals surface area contributed by atoms with Gasteiger partial charge in [0.2, 0.25) is 23.5 Å². The van der Waals surface area contributed by atoms with Crippen LogP contribution >= 0.6 is 39.1 Å². The van der Waals surface area contributed by atoms with Gasteiger partial charge < -0.3 is 50.0 Å². The fourth-order valence-electron chi connectivity index (χ4n) is 5.13. The molecule has 0 aliphatic heterocycles. The average Bonchev–Trinajstić information content (AvgIpc) is 3.11. The summed E-state index contributed by atoms with van der Waals surface area (Å²) >= 11 is 17.3. The number of benzene rings is 2. The Morgan fingerprint density at radius 1 is 0.717 bits per heavy atom. The third kappa shape index (κ3) is 12.2. The van der Waals surface area contributed by atoms with Gasteiger partial charge in [0.05, 0.1) is 53.8 Å².